The minimum absolute atomic E-state index is 1.19. The van der Waals surface area contributed by atoms with Crippen LogP contribution in [0.5, 0.6) is 0 Å². The molecule has 0 unspecified atom stereocenters. The largest absolute Gasteiger partial charge is 0.310 e. The van der Waals surface area contributed by atoms with Crippen LogP contribution < -0.4 is 5.46 Å². The summed E-state index contributed by atoms with van der Waals surface area (Å²) in [6.45, 7) is 0. The standard InChI is InChI=1S/C30H21BN2/c31-24-19-27-28(22-15-7-9-17-25(22)32(27)20-11-3-1-4-12-20)29-23-16-8-10-18-26(23)33(30(24)29)21-13-5-2-6-14-21/h1-19H,31H2. The zero-order valence-corrected chi connectivity index (χ0v) is 18.4. The van der Waals surface area contributed by atoms with E-state index in [1.807, 2.05) is 0 Å². The summed E-state index contributed by atoms with van der Waals surface area (Å²) in [4.78, 5) is 0. The molecule has 0 bridgehead atoms. The Kier molecular flexibility index (Phi) is 3.83. The first kappa shape index (κ1) is 18.3. The van der Waals surface area contributed by atoms with Gasteiger partial charge in [0.05, 0.1) is 16.6 Å². The Morgan fingerprint density at radius 1 is 0.455 bits per heavy atom. The molecular formula is C30H21BN2. The number of rotatable bonds is 2. The van der Waals surface area contributed by atoms with Gasteiger partial charge in [-0.3, -0.25) is 0 Å². The van der Waals surface area contributed by atoms with Gasteiger partial charge in [0.25, 0.3) is 0 Å². The number of hydrogen-bond donors (Lipinski definition) is 0. The molecule has 5 aromatic carbocycles. The van der Waals surface area contributed by atoms with Gasteiger partial charge in [-0.05, 0) is 42.5 Å². The highest BCUT2D eigenvalue weighted by Crippen LogP contribution is 2.41. The summed E-state index contributed by atoms with van der Waals surface area (Å²) < 4.78 is 4.83. The summed E-state index contributed by atoms with van der Waals surface area (Å²) in [5, 5.41) is 5.23. The molecule has 0 aliphatic carbocycles. The third kappa shape index (κ3) is 2.51. The van der Waals surface area contributed by atoms with E-state index in [-0.39, 0.29) is 0 Å². The normalized spacial score (nSPS) is 11.8. The number of para-hydroxylation sites is 4. The van der Waals surface area contributed by atoms with E-state index in [1.54, 1.807) is 0 Å². The Morgan fingerprint density at radius 2 is 0.939 bits per heavy atom. The summed E-state index contributed by atoms with van der Waals surface area (Å²) in [6.07, 6.45) is 0. The maximum Gasteiger partial charge on any atom is 0.142 e. The van der Waals surface area contributed by atoms with Crippen molar-refractivity contribution in [3.8, 4) is 11.4 Å². The zero-order valence-electron chi connectivity index (χ0n) is 18.4. The summed E-state index contributed by atoms with van der Waals surface area (Å²) in [5.74, 6) is 0. The number of fused-ring (bicyclic) bond motifs is 7. The fourth-order valence-corrected chi connectivity index (χ4v) is 5.50. The Balaban J connectivity index is 1.78. The first-order chi connectivity index (χ1) is 16.3. The summed E-state index contributed by atoms with van der Waals surface area (Å²) in [6, 6.07) is 41.4. The van der Waals surface area contributed by atoms with Crippen molar-refractivity contribution in [2.24, 2.45) is 0 Å². The maximum absolute atomic E-state index is 2.42. The molecule has 7 aromatic rings. The topological polar surface area (TPSA) is 9.86 Å². The minimum atomic E-state index is 1.19. The van der Waals surface area contributed by atoms with E-state index in [2.05, 4.69) is 132 Å². The summed E-state index contributed by atoms with van der Waals surface area (Å²) >= 11 is 0. The van der Waals surface area contributed by atoms with E-state index < -0.39 is 0 Å². The first-order valence-corrected chi connectivity index (χ1v) is 11.4. The molecule has 0 aliphatic rings. The molecule has 0 spiro atoms. The van der Waals surface area contributed by atoms with Crippen LogP contribution in [0.15, 0.2) is 115 Å². The van der Waals surface area contributed by atoms with Gasteiger partial charge < -0.3 is 9.13 Å². The lowest BCUT2D eigenvalue weighted by molar-refractivity contribution is 1.18. The van der Waals surface area contributed by atoms with Crippen LogP contribution in [0, 0.1) is 0 Å². The number of hydrogen-bond acceptors (Lipinski definition) is 0. The molecule has 7 rings (SSSR count). The zero-order chi connectivity index (χ0) is 21.9. The summed E-state index contributed by atoms with van der Waals surface area (Å²) in [7, 11) is 2.24. The molecule has 33 heavy (non-hydrogen) atoms. The van der Waals surface area contributed by atoms with Crippen LogP contribution in [0.4, 0.5) is 0 Å². The molecular weight excluding hydrogens is 399 g/mol. The van der Waals surface area contributed by atoms with E-state index in [9.17, 15) is 0 Å². The van der Waals surface area contributed by atoms with Crippen molar-refractivity contribution in [1.29, 1.82) is 0 Å². The number of nitrogens with zero attached hydrogens (tertiary/aromatic N) is 2. The van der Waals surface area contributed by atoms with Crippen LogP contribution in [-0.4, -0.2) is 17.0 Å². The number of aromatic nitrogens is 2. The lowest BCUT2D eigenvalue weighted by Crippen LogP contribution is -2.09. The van der Waals surface area contributed by atoms with Crippen molar-refractivity contribution >= 4 is 56.9 Å². The lowest BCUT2D eigenvalue weighted by atomic mass is 9.91. The van der Waals surface area contributed by atoms with Gasteiger partial charge in [0.15, 0.2) is 0 Å². The first-order valence-electron chi connectivity index (χ1n) is 11.4. The molecule has 0 N–H and O–H groups in total. The molecule has 2 aromatic heterocycles. The minimum Gasteiger partial charge on any atom is -0.310 e. The van der Waals surface area contributed by atoms with E-state index in [1.165, 1.54) is 60.4 Å². The quantitative estimate of drug-likeness (QED) is 0.298. The third-order valence-electron chi connectivity index (χ3n) is 6.79. The van der Waals surface area contributed by atoms with Gasteiger partial charge in [-0.15, -0.1) is 0 Å². The second-order valence-electron chi connectivity index (χ2n) is 8.69. The molecule has 3 heteroatoms. The fraction of sp³-hybridized carbons (Fsp3) is 0. The Labute approximate surface area is 192 Å². The Hall–Kier alpha value is -4.24. The average Bonchev–Trinajstić information content (AvgIpc) is 3.38. The smallest absolute Gasteiger partial charge is 0.142 e. The van der Waals surface area contributed by atoms with Crippen LogP contribution in [0.3, 0.4) is 0 Å². The molecule has 0 aliphatic heterocycles. The SMILES string of the molecule is Bc1cc2c(c3ccccc3n2-c2ccccc2)c2c3ccccc3n(-c3ccccc3)c12. The van der Waals surface area contributed by atoms with Crippen molar-refractivity contribution < 1.29 is 0 Å². The van der Waals surface area contributed by atoms with Crippen LogP contribution in [0.1, 0.15) is 0 Å². The molecule has 2 nitrogen and oxygen atoms in total. The van der Waals surface area contributed by atoms with Gasteiger partial charge in [-0.2, -0.15) is 0 Å². The molecule has 0 amide bonds. The van der Waals surface area contributed by atoms with Gasteiger partial charge in [0.2, 0.25) is 0 Å². The van der Waals surface area contributed by atoms with Gasteiger partial charge in [-0.1, -0.05) is 78.3 Å². The molecule has 0 saturated carbocycles. The maximum atomic E-state index is 2.42. The van der Waals surface area contributed by atoms with E-state index in [0.29, 0.717) is 0 Å². The molecule has 0 atom stereocenters. The van der Waals surface area contributed by atoms with Gasteiger partial charge in [0, 0.05) is 38.4 Å². The summed E-state index contributed by atoms with van der Waals surface area (Å²) in [5.41, 5.74) is 8.67. The lowest BCUT2D eigenvalue weighted by Gasteiger charge is -2.11. The van der Waals surface area contributed by atoms with Gasteiger partial charge >= 0.3 is 0 Å². The monoisotopic (exact) mass is 420 g/mol. The average molecular weight is 420 g/mol. The molecule has 0 saturated heterocycles. The Bertz CT molecular complexity index is 1810. The van der Waals surface area contributed by atoms with Crippen molar-refractivity contribution in [2.45, 2.75) is 0 Å². The van der Waals surface area contributed by atoms with Crippen LogP contribution in [0.25, 0.3) is 55.0 Å². The highest BCUT2D eigenvalue weighted by atomic mass is 15.0. The second kappa shape index (κ2) is 6.88. The predicted molar refractivity (Wildman–Crippen MR) is 143 cm³/mol. The molecule has 2 heterocycles. The predicted octanol–water partition coefficient (Wildman–Crippen LogP) is 6.14. The van der Waals surface area contributed by atoms with Gasteiger partial charge in [0.1, 0.15) is 7.85 Å². The molecule has 0 fully saturated rings. The second-order valence-corrected chi connectivity index (χ2v) is 8.69. The van der Waals surface area contributed by atoms with E-state index >= 15 is 0 Å². The van der Waals surface area contributed by atoms with Crippen LogP contribution in [0.2, 0.25) is 0 Å². The van der Waals surface area contributed by atoms with Crippen LogP contribution in [-0.2, 0) is 0 Å². The number of benzene rings is 5. The van der Waals surface area contributed by atoms with Crippen molar-refractivity contribution in [2.75, 3.05) is 0 Å². The van der Waals surface area contributed by atoms with Gasteiger partial charge in [-0.25, -0.2) is 0 Å². The highest BCUT2D eigenvalue weighted by molar-refractivity contribution is 6.44. The van der Waals surface area contributed by atoms with Crippen molar-refractivity contribution in [3.05, 3.63) is 115 Å². The van der Waals surface area contributed by atoms with E-state index in [0.717, 1.165) is 0 Å². The van der Waals surface area contributed by atoms with Crippen molar-refractivity contribution in [3.63, 3.8) is 0 Å². The highest BCUT2D eigenvalue weighted by Gasteiger charge is 2.21. The van der Waals surface area contributed by atoms with Crippen LogP contribution >= 0.6 is 0 Å². The molecule has 0 radical (unpaired) electrons. The third-order valence-corrected chi connectivity index (χ3v) is 6.79. The Morgan fingerprint density at radius 3 is 1.58 bits per heavy atom. The fourth-order valence-electron chi connectivity index (χ4n) is 5.50. The molecule has 154 valence electrons. The van der Waals surface area contributed by atoms with Crippen molar-refractivity contribution in [1.82, 2.24) is 9.13 Å². The van der Waals surface area contributed by atoms with E-state index in [4.69, 9.17) is 0 Å².